The third kappa shape index (κ3) is 23.6. The molecule has 0 spiro atoms. The first-order chi connectivity index (χ1) is 47.3. The van der Waals surface area contributed by atoms with Gasteiger partial charge in [-0.15, -0.1) is 0 Å². The molecule has 0 aromatic heterocycles. The number of nitrogens with one attached hydrogen (secondary N) is 4. The Balaban J connectivity index is 2.00. The molecule has 0 radical (unpaired) electrons. The molecule has 2 fully saturated rings. The molecule has 2 aliphatic heterocycles. The van der Waals surface area contributed by atoms with E-state index in [1.165, 1.54) is 101 Å². The Morgan fingerprint density at radius 3 is 1.45 bits per heavy atom. The minimum atomic E-state index is -1.67. The van der Waals surface area contributed by atoms with Gasteiger partial charge in [0.15, 0.2) is 11.5 Å². The number of aliphatic hydroxyl groups is 1. The summed E-state index contributed by atoms with van der Waals surface area (Å²) in [6.45, 7) is 21.1. The Morgan fingerprint density at radius 1 is 0.495 bits per heavy atom. The average molecular weight is 1420 g/mol. The second-order valence-corrected chi connectivity index (χ2v) is 29.6. The van der Waals surface area contributed by atoms with E-state index in [0.717, 1.165) is 21.1 Å². The van der Waals surface area contributed by atoms with Gasteiger partial charge in [-0.25, -0.2) is 0 Å². The number of nitrogens with zero attached hydrogens (tertiary/aromatic N) is 8. The molecule has 4 rings (SSSR count). The van der Waals surface area contributed by atoms with Crippen LogP contribution in [0.3, 0.4) is 0 Å². The van der Waals surface area contributed by atoms with E-state index < -0.39 is 156 Å². The molecule has 2 saturated heterocycles. The maximum absolute atomic E-state index is 15.5. The molecule has 2 heterocycles. The van der Waals surface area contributed by atoms with Crippen LogP contribution in [-0.2, 0) is 70.4 Å². The number of methoxy groups -OCH3 is 1. The molecule has 564 valence electrons. The molecule has 11 atom stereocenters. The average Bonchev–Trinajstić information content (AvgIpc) is 0.822. The van der Waals surface area contributed by atoms with Gasteiger partial charge in [0.2, 0.25) is 70.9 Å². The highest BCUT2D eigenvalue weighted by molar-refractivity contribution is 6.00. The lowest BCUT2D eigenvalue weighted by molar-refractivity contribution is -0.152. The fourth-order valence-electron chi connectivity index (χ4n) is 13.0. The fourth-order valence-corrected chi connectivity index (χ4v) is 13.0. The van der Waals surface area contributed by atoms with Crippen molar-refractivity contribution in [2.24, 2.45) is 29.6 Å². The van der Waals surface area contributed by atoms with E-state index in [4.69, 9.17) is 4.74 Å². The van der Waals surface area contributed by atoms with Crippen molar-refractivity contribution >= 4 is 70.9 Å². The van der Waals surface area contributed by atoms with Crippen LogP contribution in [0.25, 0.3) is 0 Å². The highest BCUT2D eigenvalue weighted by Gasteiger charge is 2.44. The number of aliphatic hydroxyl groups excluding tert-OH is 1. The molecule has 6 N–H and O–H groups in total. The van der Waals surface area contributed by atoms with Crippen LogP contribution in [0.2, 0.25) is 0 Å². The fraction of sp³-hybridized carbons (Fsp3) is 0.676. The highest BCUT2D eigenvalue weighted by Crippen LogP contribution is 2.29. The van der Waals surface area contributed by atoms with E-state index in [0.29, 0.717) is 37.1 Å². The Kier molecular flexibility index (Phi) is 33.0. The lowest BCUT2D eigenvalue weighted by atomic mass is 9.95. The minimum Gasteiger partial charge on any atom is -0.504 e. The van der Waals surface area contributed by atoms with Gasteiger partial charge in [-0.05, 0) is 111 Å². The van der Waals surface area contributed by atoms with E-state index in [1.54, 1.807) is 56.0 Å². The van der Waals surface area contributed by atoms with Crippen molar-refractivity contribution in [1.29, 1.82) is 0 Å². The number of likely N-dealkylation sites (N-methyl/N-ethyl adjacent to an activating group) is 7. The summed E-state index contributed by atoms with van der Waals surface area (Å²) in [6.07, 6.45) is -0.0698. The third-order valence-electron chi connectivity index (χ3n) is 19.2. The van der Waals surface area contributed by atoms with Crippen molar-refractivity contribution in [1.82, 2.24) is 60.5 Å². The number of ether oxygens (including phenoxy) is 1. The summed E-state index contributed by atoms with van der Waals surface area (Å²) in [5.41, 5.74) is 1.07. The summed E-state index contributed by atoms with van der Waals surface area (Å²) < 4.78 is 5.41. The smallest absolute Gasteiger partial charge is 0.248 e. The summed E-state index contributed by atoms with van der Waals surface area (Å²) in [7, 11) is 11.0. The quantitative estimate of drug-likeness (QED) is 0.132. The van der Waals surface area contributed by atoms with Crippen LogP contribution in [0, 0.1) is 29.6 Å². The number of likely N-dealkylation sites (tertiary alicyclic amines) is 1. The van der Waals surface area contributed by atoms with Gasteiger partial charge < -0.3 is 75.4 Å². The standard InChI is InChI=1S/C74H118N12O15/c1-21-53-65(91)75-51(38-50-30-31-59(88)60(40-50)101-20)69(95)84(18)57(37-46(8)9)71(97)82(16)55(35-44(4)5)67(93)77-63(47(10)11)74(100)85(19)58(39-49-28-24-22-25-29-49)72(98)83(17)56(36-45(6)7)68(94)78-64(48(12)87)73(99)79(13)42-62(90)81(15)54(34-43(2)3)66(92)76-52(41-61(89)80(53)14)70(96)86-32-26-23-27-33-86/h22,24-25,28-31,40,43-48,51-58,63-64,87-88H,21,23,26-27,32-39,41-42H2,1-20H3,(H,75,91)(H,76,92)(H,77,93)(H,78,94)/t48-,51+,52+,53+,54+,55+,56+,57+,58+,63+,64+/m1/s1. The topological polar surface area (TPSA) is 329 Å². The van der Waals surface area contributed by atoms with Gasteiger partial charge in [0.25, 0.3) is 0 Å². The van der Waals surface area contributed by atoms with Crippen LogP contribution < -0.4 is 26.0 Å². The number of carbonyl (C=O) groups is 12. The SMILES string of the molecule is CC[C@H]1C(=O)N[C@@H](Cc2ccc(O)c(OC)c2)C(=O)N(C)[C@@H](CC(C)C)C(=O)N(C)[C@@H](CC(C)C)C(=O)N[C@@H](C(C)C)C(=O)N(C)[C@@H](Cc2ccccc2)C(=O)N(C)[C@@H](CC(C)C)C(=O)N[C@@H]([C@@H](C)O)C(=O)N(C)CC(=O)N(C)[C@@H](CC(C)C)C(=O)N[C@H](C(=O)N2CCCCC2)CC(=O)N1C. The molecule has 27 heteroatoms. The van der Waals surface area contributed by atoms with E-state index >= 15 is 24.0 Å². The number of piperidine rings is 1. The maximum atomic E-state index is 15.5. The van der Waals surface area contributed by atoms with Crippen molar-refractivity contribution < 1.29 is 72.5 Å². The van der Waals surface area contributed by atoms with Gasteiger partial charge in [0, 0.05) is 75.3 Å². The van der Waals surface area contributed by atoms with Gasteiger partial charge in [0.1, 0.15) is 60.4 Å². The number of aromatic hydroxyl groups is 1. The summed E-state index contributed by atoms with van der Waals surface area (Å²) in [5, 5.41) is 33.1. The molecule has 2 aromatic rings. The van der Waals surface area contributed by atoms with Gasteiger partial charge >= 0.3 is 0 Å². The lowest BCUT2D eigenvalue weighted by Gasteiger charge is -2.39. The first-order valence-electron chi connectivity index (χ1n) is 35.7. The zero-order chi connectivity index (χ0) is 76.2. The van der Waals surface area contributed by atoms with Crippen LogP contribution in [0.5, 0.6) is 11.5 Å². The van der Waals surface area contributed by atoms with E-state index in [-0.39, 0.29) is 80.1 Å². The Labute approximate surface area is 598 Å². The van der Waals surface area contributed by atoms with Gasteiger partial charge in [-0.2, -0.15) is 0 Å². The molecule has 0 saturated carbocycles. The normalized spacial score (nSPS) is 25.0. The zero-order valence-electron chi connectivity index (χ0n) is 63.5. The van der Waals surface area contributed by atoms with Crippen molar-refractivity contribution in [3.63, 3.8) is 0 Å². The molecule has 0 bridgehead atoms. The largest absolute Gasteiger partial charge is 0.504 e. The first kappa shape index (κ1) is 85.1. The highest BCUT2D eigenvalue weighted by atomic mass is 16.5. The predicted octanol–water partition coefficient (Wildman–Crippen LogP) is 3.59. The van der Waals surface area contributed by atoms with Crippen molar-refractivity contribution in [2.75, 3.05) is 76.1 Å². The number of hydrogen-bond donors (Lipinski definition) is 6. The minimum absolute atomic E-state index is 0.0138. The van der Waals surface area contributed by atoms with Crippen LogP contribution in [0.4, 0.5) is 0 Å². The second-order valence-electron chi connectivity index (χ2n) is 29.6. The summed E-state index contributed by atoms with van der Waals surface area (Å²) >= 11 is 0. The Morgan fingerprint density at radius 2 is 0.950 bits per heavy atom. The molecular formula is C74H118N12O15. The summed E-state index contributed by atoms with van der Waals surface area (Å²) in [5.74, 6) is -10.5. The van der Waals surface area contributed by atoms with Crippen LogP contribution in [0.15, 0.2) is 48.5 Å². The predicted molar refractivity (Wildman–Crippen MR) is 383 cm³/mol. The van der Waals surface area contributed by atoms with E-state index in [2.05, 4.69) is 21.3 Å². The number of carbonyl (C=O) groups excluding carboxylic acids is 12. The number of phenolic OH excluding ortho intramolecular Hbond substituents is 1. The molecule has 101 heavy (non-hydrogen) atoms. The Bertz CT molecular complexity index is 3170. The van der Waals surface area contributed by atoms with Crippen molar-refractivity contribution in [3.8, 4) is 11.5 Å². The molecule has 0 unspecified atom stereocenters. The van der Waals surface area contributed by atoms with E-state index in [9.17, 15) is 43.8 Å². The lowest BCUT2D eigenvalue weighted by Crippen LogP contribution is -2.62. The zero-order valence-corrected chi connectivity index (χ0v) is 63.5. The monoisotopic (exact) mass is 1410 g/mol. The summed E-state index contributed by atoms with van der Waals surface area (Å²) in [4.78, 5) is 190. The Hall–Kier alpha value is -8.36. The van der Waals surface area contributed by atoms with Crippen molar-refractivity contribution in [2.45, 2.75) is 220 Å². The summed E-state index contributed by atoms with van der Waals surface area (Å²) in [6, 6.07) is -0.387. The maximum Gasteiger partial charge on any atom is 0.248 e. The molecule has 2 aliphatic rings. The molecule has 0 aliphatic carbocycles. The van der Waals surface area contributed by atoms with Gasteiger partial charge in [-0.3, -0.25) is 57.5 Å². The van der Waals surface area contributed by atoms with E-state index in [1.807, 2.05) is 55.4 Å². The second kappa shape index (κ2) is 39.2. The van der Waals surface area contributed by atoms with Gasteiger partial charge in [-0.1, -0.05) is 113 Å². The number of phenols is 1. The number of benzene rings is 2. The number of amides is 12. The molecular weight excluding hydrogens is 1300 g/mol. The first-order valence-corrected chi connectivity index (χ1v) is 35.7. The number of hydrogen-bond acceptors (Lipinski definition) is 15. The van der Waals surface area contributed by atoms with Crippen LogP contribution >= 0.6 is 0 Å². The molecule has 27 nitrogen and oxygen atoms in total. The molecule has 12 amide bonds. The van der Waals surface area contributed by atoms with Crippen LogP contribution in [0.1, 0.15) is 152 Å². The molecule has 2 aromatic carbocycles. The van der Waals surface area contributed by atoms with Crippen LogP contribution in [-0.4, -0.2) is 263 Å². The van der Waals surface area contributed by atoms with Gasteiger partial charge in [0.05, 0.1) is 26.2 Å². The number of rotatable bonds is 17. The third-order valence-corrected chi connectivity index (χ3v) is 19.2. The van der Waals surface area contributed by atoms with Crippen molar-refractivity contribution in [3.05, 3.63) is 59.7 Å².